The van der Waals surface area contributed by atoms with Gasteiger partial charge >= 0.3 is 0 Å². The molecule has 0 aliphatic rings. The van der Waals surface area contributed by atoms with Crippen LogP contribution < -0.4 is 5.73 Å². The lowest BCUT2D eigenvalue weighted by molar-refractivity contribution is 0.886. The quantitative estimate of drug-likeness (QED) is 0.506. The Balaban J connectivity index is 0.000000261. The van der Waals surface area contributed by atoms with Crippen LogP contribution in [0, 0.1) is 0 Å². The number of nitrogen functional groups attached to an aromatic ring is 1. The van der Waals surface area contributed by atoms with Crippen LogP contribution in [0.3, 0.4) is 0 Å². The van der Waals surface area contributed by atoms with Gasteiger partial charge in [-0.2, -0.15) is 0 Å². The van der Waals surface area contributed by atoms with Crippen LogP contribution in [0.5, 0.6) is 0 Å². The summed E-state index contributed by atoms with van der Waals surface area (Å²) >= 11 is 4.08. The van der Waals surface area contributed by atoms with Crippen LogP contribution >= 0.6 is 12.6 Å². The molecule has 2 N–H and O–H groups in total. The molecule has 0 heterocycles. The minimum Gasteiger partial charge on any atom is -0.399 e. The molecule has 0 aliphatic heterocycles. The first kappa shape index (κ1) is 11.4. The highest BCUT2D eigenvalue weighted by Gasteiger charge is 1.81. The molecule has 0 bridgehead atoms. The van der Waals surface area contributed by atoms with Crippen LogP contribution in [0.4, 0.5) is 5.69 Å². The van der Waals surface area contributed by atoms with Crippen LogP contribution in [-0.2, 0) is 0 Å². The zero-order valence-corrected chi connectivity index (χ0v) is 8.64. The largest absolute Gasteiger partial charge is 0.399 e. The van der Waals surface area contributed by atoms with E-state index < -0.39 is 0 Å². The highest BCUT2D eigenvalue weighted by molar-refractivity contribution is 7.80. The zero-order chi connectivity index (χ0) is 9.40. The van der Waals surface area contributed by atoms with Gasteiger partial charge in [0.15, 0.2) is 0 Å². The lowest BCUT2D eigenvalue weighted by atomic mass is 10.3. The van der Waals surface area contributed by atoms with Crippen molar-refractivity contribution < 1.29 is 0 Å². The predicted octanol–water partition coefficient (Wildman–Crippen LogP) is 3.36. The molecule has 1 aromatic rings. The normalized spacial score (nSPS) is 8.58. The molecule has 1 nitrogen and oxygen atoms in total. The van der Waals surface area contributed by atoms with Gasteiger partial charge in [0, 0.05) is 10.6 Å². The topological polar surface area (TPSA) is 26.0 Å². The molecule has 0 aliphatic carbocycles. The van der Waals surface area contributed by atoms with Gasteiger partial charge in [-0.25, -0.2) is 0 Å². The van der Waals surface area contributed by atoms with Crippen molar-refractivity contribution in [2.75, 3.05) is 5.73 Å². The van der Waals surface area contributed by atoms with Crippen molar-refractivity contribution in [3.8, 4) is 0 Å². The van der Waals surface area contributed by atoms with E-state index in [2.05, 4.69) is 26.5 Å². The van der Waals surface area contributed by atoms with Crippen molar-refractivity contribution in [3.63, 3.8) is 0 Å². The van der Waals surface area contributed by atoms with E-state index in [1.165, 1.54) is 12.8 Å². The SMILES string of the molecule is CCCC.Nc1ccc(S)cc1. The Bertz CT molecular complexity index is 170. The first-order chi connectivity index (χ1) is 5.70. The van der Waals surface area contributed by atoms with E-state index >= 15 is 0 Å². The number of thiol groups is 1. The molecule has 0 unspecified atom stereocenters. The van der Waals surface area contributed by atoms with E-state index in [9.17, 15) is 0 Å². The van der Waals surface area contributed by atoms with E-state index in [0.29, 0.717) is 0 Å². The second-order valence-corrected chi connectivity index (χ2v) is 3.11. The Morgan fingerprint density at radius 2 is 1.50 bits per heavy atom. The highest BCUT2D eigenvalue weighted by Crippen LogP contribution is 2.07. The van der Waals surface area contributed by atoms with Crippen molar-refractivity contribution in [2.45, 2.75) is 31.6 Å². The summed E-state index contributed by atoms with van der Waals surface area (Å²) in [6, 6.07) is 7.36. The molecule has 1 aromatic carbocycles. The fourth-order valence-electron chi connectivity index (χ4n) is 0.474. The fourth-order valence-corrected chi connectivity index (χ4v) is 0.623. The van der Waals surface area contributed by atoms with Gasteiger partial charge in [0.05, 0.1) is 0 Å². The Morgan fingerprint density at radius 3 is 1.75 bits per heavy atom. The molecule has 0 amide bonds. The van der Waals surface area contributed by atoms with Crippen LogP contribution in [0.25, 0.3) is 0 Å². The average molecular weight is 183 g/mol. The van der Waals surface area contributed by atoms with E-state index in [0.717, 1.165) is 10.6 Å². The van der Waals surface area contributed by atoms with Crippen molar-refractivity contribution >= 4 is 18.3 Å². The number of benzene rings is 1. The molecule has 0 spiro atoms. The molecule has 0 atom stereocenters. The summed E-state index contributed by atoms with van der Waals surface area (Å²) in [7, 11) is 0. The molecular formula is C10H17NS. The van der Waals surface area contributed by atoms with Crippen LogP contribution in [0.2, 0.25) is 0 Å². The van der Waals surface area contributed by atoms with E-state index in [1.54, 1.807) is 0 Å². The van der Waals surface area contributed by atoms with Gasteiger partial charge in [-0.3, -0.25) is 0 Å². The molecule has 12 heavy (non-hydrogen) atoms. The van der Waals surface area contributed by atoms with Crippen molar-refractivity contribution in [2.24, 2.45) is 0 Å². The van der Waals surface area contributed by atoms with Crippen LogP contribution in [0.15, 0.2) is 29.2 Å². The summed E-state index contributed by atoms with van der Waals surface area (Å²) < 4.78 is 0. The number of hydrogen-bond acceptors (Lipinski definition) is 2. The molecule has 0 saturated heterocycles. The summed E-state index contributed by atoms with van der Waals surface area (Å²) in [4.78, 5) is 0.944. The maximum Gasteiger partial charge on any atom is 0.0314 e. The Labute approximate surface area is 80.4 Å². The smallest absolute Gasteiger partial charge is 0.0314 e. The number of nitrogens with two attached hydrogens (primary N) is 1. The maximum atomic E-state index is 5.39. The van der Waals surface area contributed by atoms with Gasteiger partial charge in [-0.1, -0.05) is 26.7 Å². The first-order valence-electron chi connectivity index (χ1n) is 4.25. The van der Waals surface area contributed by atoms with Crippen molar-refractivity contribution in [1.82, 2.24) is 0 Å². The van der Waals surface area contributed by atoms with Crippen LogP contribution in [0.1, 0.15) is 26.7 Å². The Morgan fingerprint density at radius 1 is 1.08 bits per heavy atom. The van der Waals surface area contributed by atoms with Crippen molar-refractivity contribution in [1.29, 1.82) is 0 Å². The highest BCUT2D eigenvalue weighted by atomic mass is 32.1. The number of unbranched alkanes of at least 4 members (excludes halogenated alkanes) is 1. The molecule has 0 radical (unpaired) electrons. The van der Waals surface area contributed by atoms with E-state index in [4.69, 9.17) is 5.73 Å². The van der Waals surface area contributed by atoms with E-state index in [-0.39, 0.29) is 0 Å². The number of rotatable bonds is 1. The molecule has 0 fully saturated rings. The lowest BCUT2D eigenvalue weighted by Crippen LogP contribution is -1.80. The number of hydrogen-bond donors (Lipinski definition) is 2. The average Bonchev–Trinajstić information content (AvgIpc) is 2.11. The fraction of sp³-hybridized carbons (Fsp3) is 0.400. The molecule has 1 rings (SSSR count). The third-order valence-corrected chi connectivity index (χ3v) is 1.69. The minimum atomic E-state index is 0.780. The summed E-state index contributed by atoms with van der Waals surface area (Å²) in [5, 5.41) is 0. The number of anilines is 1. The minimum absolute atomic E-state index is 0.780. The van der Waals surface area contributed by atoms with Gasteiger partial charge in [0.2, 0.25) is 0 Å². The zero-order valence-electron chi connectivity index (χ0n) is 7.75. The van der Waals surface area contributed by atoms with Gasteiger partial charge in [-0.05, 0) is 24.3 Å². The summed E-state index contributed by atoms with van der Waals surface area (Å²) in [6.07, 6.45) is 2.64. The van der Waals surface area contributed by atoms with Gasteiger partial charge in [-0.15, -0.1) is 12.6 Å². The van der Waals surface area contributed by atoms with E-state index in [1.807, 2.05) is 24.3 Å². The molecule has 2 heteroatoms. The molecule has 0 saturated carbocycles. The van der Waals surface area contributed by atoms with Crippen LogP contribution in [-0.4, -0.2) is 0 Å². The maximum absolute atomic E-state index is 5.39. The summed E-state index contributed by atoms with van der Waals surface area (Å²) in [6.45, 7) is 4.36. The van der Waals surface area contributed by atoms with Gasteiger partial charge in [0.1, 0.15) is 0 Å². The van der Waals surface area contributed by atoms with Gasteiger partial charge in [0.25, 0.3) is 0 Å². The second-order valence-electron chi connectivity index (χ2n) is 2.59. The molecular weight excluding hydrogens is 166 g/mol. The van der Waals surface area contributed by atoms with Gasteiger partial charge < -0.3 is 5.73 Å². The predicted molar refractivity (Wildman–Crippen MR) is 58.7 cm³/mol. The first-order valence-corrected chi connectivity index (χ1v) is 4.70. The van der Waals surface area contributed by atoms with Crippen molar-refractivity contribution in [3.05, 3.63) is 24.3 Å². The molecule has 68 valence electrons. The standard InChI is InChI=1S/C6H7NS.C4H10/c7-5-1-3-6(8)4-2-5;1-3-4-2/h1-4,8H,7H2;3-4H2,1-2H3. The molecule has 0 aromatic heterocycles. The summed E-state index contributed by atoms with van der Waals surface area (Å²) in [5.74, 6) is 0. The Kier molecular flexibility index (Phi) is 6.67. The lowest BCUT2D eigenvalue weighted by Gasteiger charge is -1.89. The third-order valence-electron chi connectivity index (χ3n) is 1.39. The second kappa shape index (κ2) is 7.04. The Hall–Kier alpha value is -0.630. The monoisotopic (exact) mass is 183 g/mol. The summed E-state index contributed by atoms with van der Waals surface area (Å²) in [5.41, 5.74) is 6.17. The third kappa shape index (κ3) is 6.10.